The molecule has 0 aliphatic heterocycles. The molecule has 1 atom stereocenters. The zero-order valence-corrected chi connectivity index (χ0v) is 13.0. The summed E-state index contributed by atoms with van der Waals surface area (Å²) in [7, 11) is 2.06. The van der Waals surface area contributed by atoms with Crippen LogP contribution in [0.5, 0.6) is 0 Å². The molecule has 0 saturated carbocycles. The molecule has 1 aromatic heterocycles. The minimum Gasteiger partial charge on any atom is -0.312 e. The highest BCUT2D eigenvalue weighted by molar-refractivity contribution is 7.09. The quantitative estimate of drug-likeness (QED) is 0.613. The van der Waals surface area contributed by atoms with Gasteiger partial charge in [0.05, 0.1) is 11.2 Å². The summed E-state index contributed by atoms with van der Waals surface area (Å²) >= 11 is 1.78. The second-order valence-electron chi connectivity index (χ2n) is 5.05. The van der Waals surface area contributed by atoms with Crippen LogP contribution in [0.25, 0.3) is 0 Å². The lowest BCUT2D eigenvalue weighted by Crippen LogP contribution is -2.16. The Morgan fingerprint density at radius 2 is 1.83 bits per heavy atom. The van der Waals surface area contributed by atoms with Crippen LogP contribution in [-0.4, -0.2) is 12.0 Å². The van der Waals surface area contributed by atoms with Gasteiger partial charge >= 0.3 is 0 Å². The van der Waals surface area contributed by atoms with E-state index in [1.54, 1.807) is 11.3 Å². The van der Waals surface area contributed by atoms with Gasteiger partial charge in [-0.05, 0) is 20.4 Å². The van der Waals surface area contributed by atoms with E-state index in [4.69, 9.17) is 0 Å². The van der Waals surface area contributed by atoms with Crippen molar-refractivity contribution in [3.05, 3.63) is 16.1 Å². The number of hydrogen-bond donors (Lipinski definition) is 1. The predicted molar refractivity (Wildman–Crippen MR) is 81.3 cm³/mol. The van der Waals surface area contributed by atoms with Crippen LogP contribution in [0.15, 0.2) is 5.51 Å². The van der Waals surface area contributed by atoms with Crippen LogP contribution < -0.4 is 5.32 Å². The summed E-state index contributed by atoms with van der Waals surface area (Å²) in [4.78, 5) is 5.76. The molecule has 1 aromatic rings. The molecule has 1 heterocycles. The fourth-order valence-electron chi connectivity index (χ4n) is 2.36. The molecule has 0 aliphatic rings. The van der Waals surface area contributed by atoms with Gasteiger partial charge in [-0.15, -0.1) is 11.3 Å². The molecule has 0 bridgehead atoms. The van der Waals surface area contributed by atoms with Crippen molar-refractivity contribution in [2.24, 2.45) is 0 Å². The lowest BCUT2D eigenvalue weighted by Gasteiger charge is -2.15. The van der Waals surface area contributed by atoms with E-state index in [2.05, 4.69) is 31.2 Å². The average Bonchev–Trinajstić information content (AvgIpc) is 2.79. The van der Waals surface area contributed by atoms with E-state index < -0.39 is 0 Å². The Morgan fingerprint density at radius 1 is 1.17 bits per heavy atom. The van der Waals surface area contributed by atoms with Crippen molar-refractivity contribution in [2.45, 2.75) is 71.3 Å². The number of aromatic nitrogens is 1. The summed E-state index contributed by atoms with van der Waals surface area (Å²) < 4.78 is 0. The summed E-state index contributed by atoms with van der Waals surface area (Å²) in [5.41, 5.74) is 3.15. The first kappa shape index (κ1) is 15.6. The topological polar surface area (TPSA) is 24.9 Å². The van der Waals surface area contributed by atoms with Gasteiger partial charge in [-0.25, -0.2) is 4.98 Å². The van der Waals surface area contributed by atoms with Gasteiger partial charge in [0.25, 0.3) is 0 Å². The molecular formula is C15H28N2S. The maximum absolute atomic E-state index is 4.34. The van der Waals surface area contributed by atoms with Crippen LogP contribution >= 0.6 is 11.3 Å². The molecule has 0 aliphatic carbocycles. The molecule has 0 saturated heterocycles. The highest BCUT2D eigenvalue weighted by Crippen LogP contribution is 2.26. The summed E-state index contributed by atoms with van der Waals surface area (Å²) in [6, 6.07) is 0.508. The Bertz CT molecular complexity index is 309. The fourth-order valence-corrected chi connectivity index (χ4v) is 3.31. The number of rotatable bonds is 10. The van der Waals surface area contributed by atoms with E-state index in [9.17, 15) is 0 Å². The summed E-state index contributed by atoms with van der Waals surface area (Å²) in [5, 5.41) is 3.43. The molecule has 0 aromatic carbocycles. The van der Waals surface area contributed by atoms with Crippen LogP contribution in [0.1, 0.15) is 74.9 Å². The van der Waals surface area contributed by atoms with Gasteiger partial charge in [0.2, 0.25) is 0 Å². The van der Waals surface area contributed by atoms with E-state index in [0.29, 0.717) is 6.04 Å². The number of aryl methyl sites for hydroxylation is 1. The SMILES string of the molecule is CCCCCCCCCC(NC)c1scnc1C. The smallest absolute Gasteiger partial charge is 0.0798 e. The lowest BCUT2D eigenvalue weighted by molar-refractivity contribution is 0.499. The first-order chi connectivity index (χ1) is 8.79. The maximum Gasteiger partial charge on any atom is 0.0798 e. The molecule has 0 radical (unpaired) electrons. The number of hydrogen-bond acceptors (Lipinski definition) is 3. The third-order valence-corrected chi connectivity index (χ3v) is 4.59. The summed E-state index contributed by atoms with van der Waals surface area (Å²) in [5.74, 6) is 0. The minimum absolute atomic E-state index is 0.508. The van der Waals surface area contributed by atoms with E-state index in [1.165, 1.54) is 61.9 Å². The van der Waals surface area contributed by atoms with Crippen molar-refractivity contribution in [2.75, 3.05) is 7.05 Å². The Kier molecular flexibility index (Phi) is 8.27. The van der Waals surface area contributed by atoms with Gasteiger partial charge in [-0.2, -0.15) is 0 Å². The monoisotopic (exact) mass is 268 g/mol. The Balaban J connectivity index is 2.15. The van der Waals surface area contributed by atoms with Crippen molar-refractivity contribution in [1.82, 2.24) is 10.3 Å². The van der Waals surface area contributed by atoms with Crippen LogP contribution in [0.4, 0.5) is 0 Å². The van der Waals surface area contributed by atoms with Gasteiger partial charge < -0.3 is 5.32 Å². The van der Waals surface area contributed by atoms with Crippen LogP contribution in [0.3, 0.4) is 0 Å². The van der Waals surface area contributed by atoms with Crippen molar-refractivity contribution in [1.29, 1.82) is 0 Å². The molecule has 2 nitrogen and oxygen atoms in total. The van der Waals surface area contributed by atoms with Crippen LogP contribution in [0, 0.1) is 6.92 Å². The number of nitrogens with one attached hydrogen (secondary N) is 1. The van der Waals surface area contributed by atoms with Crippen molar-refractivity contribution >= 4 is 11.3 Å². The van der Waals surface area contributed by atoms with Gasteiger partial charge in [-0.3, -0.25) is 0 Å². The zero-order chi connectivity index (χ0) is 13.2. The van der Waals surface area contributed by atoms with Crippen molar-refractivity contribution in [3.8, 4) is 0 Å². The van der Waals surface area contributed by atoms with Crippen molar-refractivity contribution < 1.29 is 0 Å². The molecule has 0 spiro atoms. The number of unbranched alkanes of at least 4 members (excludes halogenated alkanes) is 6. The molecule has 3 heteroatoms. The average molecular weight is 268 g/mol. The first-order valence-electron chi connectivity index (χ1n) is 7.36. The molecule has 1 rings (SSSR count). The Labute approximate surface area is 116 Å². The summed E-state index contributed by atoms with van der Waals surface area (Å²) in [6.07, 6.45) is 10.9. The second kappa shape index (κ2) is 9.51. The maximum atomic E-state index is 4.34. The standard InChI is InChI=1S/C15H28N2S/c1-4-5-6-7-8-9-10-11-14(16-3)15-13(2)17-12-18-15/h12,14,16H,4-11H2,1-3H3. The number of thiazole rings is 1. The van der Waals surface area contributed by atoms with Crippen LogP contribution in [0.2, 0.25) is 0 Å². The number of nitrogens with zero attached hydrogens (tertiary/aromatic N) is 1. The molecule has 104 valence electrons. The third kappa shape index (κ3) is 5.49. The van der Waals surface area contributed by atoms with Gasteiger partial charge in [0, 0.05) is 10.9 Å². The van der Waals surface area contributed by atoms with Gasteiger partial charge in [0.15, 0.2) is 0 Å². The van der Waals surface area contributed by atoms with Gasteiger partial charge in [0.1, 0.15) is 0 Å². The van der Waals surface area contributed by atoms with Crippen molar-refractivity contribution in [3.63, 3.8) is 0 Å². The van der Waals surface area contributed by atoms with E-state index in [1.807, 2.05) is 5.51 Å². The largest absolute Gasteiger partial charge is 0.312 e. The Hall–Kier alpha value is -0.410. The molecule has 1 unspecified atom stereocenters. The second-order valence-corrected chi connectivity index (χ2v) is 5.94. The van der Waals surface area contributed by atoms with E-state index >= 15 is 0 Å². The zero-order valence-electron chi connectivity index (χ0n) is 12.2. The van der Waals surface area contributed by atoms with E-state index in [-0.39, 0.29) is 0 Å². The minimum atomic E-state index is 0.508. The predicted octanol–water partition coefficient (Wildman–Crippen LogP) is 4.85. The Morgan fingerprint density at radius 3 is 2.39 bits per heavy atom. The highest BCUT2D eigenvalue weighted by Gasteiger charge is 2.13. The molecule has 18 heavy (non-hydrogen) atoms. The van der Waals surface area contributed by atoms with Gasteiger partial charge in [-0.1, -0.05) is 51.9 Å². The highest BCUT2D eigenvalue weighted by atomic mass is 32.1. The fraction of sp³-hybridized carbons (Fsp3) is 0.800. The molecular weight excluding hydrogens is 240 g/mol. The van der Waals surface area contributed by atoms with Crippen LogP contribution in [-0.2, 0) is 0 Å². The van der Waals surface area contributed by atoms with E-state index in [0.717, 1.165) is 0 Å². The third-order valence-electron chi connectivity index (χ3n) is 3.54. The molecule has 0 amide bonds. The normalized spacial score (nSPS) is 12.8. The summed E-state index contributed by atoms with van der Waals surface area (Å²) in [6.45, 7) is 4.38. The first-order valence-corrected chi connectivity index (χ1v) is 8.24. The molecule has 1 N–H and O–H groups in total. The molecule has 0 fully saturated rings. The lowest BCUT2D eigenvalue weighted by atomic mass is 10.0.